The highest BCUT2D eigenvalue weighted by atomic mass is 32.2. The van der Waals surface area contributed by atoms with Crippen LogP contribution >= 0.6 is 0 Å². The number of hydrogen-bond donors (Lipinski definition) is 2. The van der Waals surface area contributed by atoms with E-state index >= 15 is 0 Å². The van der Waals surface area contributed by atoms with Crippen molar-refractivity contribution in [2.24, 2.45) is 5.92 Å². The van der Waals surface area contributed by atoms with Crippen molar-refractivity contribution in [2.75, 3.05) is 24.1 Å². The molecule has 2 aromatic rings. The first-order valence-electron chi connectivity index (χ1n) is 8.82. The summed E-state index contributed by atoms with van der Waals surface area (Å²) >= 11 is 0. The lowest BCUT2D eigenvalue weighted by Gasteiger charge is -2.23. The van der Waals surface area contributed by atoms with Crippen LogP contribution in [0.15, 0.2) is 48.5 Å². The van der Waals surface area contributed by atoms with E-state index in [2.05, 4.69) is 10.0 Å². The number of rotatable bonds is 7. The predicted octanol–water partition coefficient (Wildman–Crippen LogP) is 2.64. The van der Waals surface area contributed by atoms with Gasteiger partial charge in [-0.25, -0.2) is 8.42 Å². The Bertz CT molecular complexity index is 876. The lowest BCUT2D eigenvalue weighted by molar-refractivity contribution is 0.0901. The second-order valence-corrected chi connectivity index (χ2v) is 8.53. The number of anilines is 1. The number of nitrogens with one attached hydrogen (secondary N) is 2. The Morgan fingerprint density at radius 2 is 1.81 bits per heavy atom. The first-order valence-corrected chi connectivity index (χ1v) is 10.7. The molecule has 1 aliphatic rings. The van der Waals surface area contributed by atoms with Gasteiger partial charge in [0.2, 0.25) is 10.0 Å². The number of carbonyl (C=O) groups excluding carboxylic acids is 1. The van der Waals surface area contributed by atoms with Gasteiger partial charge in [0.05, 0.1) is 6.26 Å². The van der Waals surface area contributed by atoms with Gasteiger partial charge in [0.25, 0.3) is 0 Å². The van der Waals surface area contributed by atoms with Crippen molar-refractivity contribution in [3.05, 3.63) is 65.2 Å². The molecule has 0 unspecified atom stereocenters. The van der Waals surface area contributed by atoms with Crippen molar-refractivity contribution >= 4 is 21.5 Å². The number of Topliss-reactive ketones (excluding diaryl/α,β-unsaturated/α-hetero) is 1. The Morgan fingerprint density at radius 3 is 2.54 bits per heavy atom. The fourth-order valence-corrected chi connectivity index (χ4v) is 3.88. The molecule has 0 spiro atoms. The minimum Gasteiger partial charge on any atom is -0.316 e. The van der Waals surface area contributed by atoms with E-state index in [-0.39, 0.29) is 11.7 Å². The van der Waals surface area contributed by atoms with Gasteiger partial charge in [-0.1, -0.05) is 36.4 Å². The first kappa shape index (κ1) is 18.6. The van der Waals surface area contributed by atoms with Crippen LogP contribution in [0, 0.1) is 5.92 Å². The monoisotopic (exact) mass is 372 g/mol. The summed E-state index contributed by atoms with van der Waals surface area (Å²) in [6.45, 7) is 1.48. The maximum absolute atomic E-state index is 12.5. The zero-order valence-electron chi connectivity index (χ0n) is 14.9. The van der Waals surface area contributed by atoms with Crippen LogP contribution in [0.2, 0.25) is 0 Å². The summed E-state index contributed by atoms with van der Waals surface area (Å²) in [6, 6.07) is 15.2. The lowest BCUT2D eigenvalue weighted by atomic mass is 9.83. The molecule has 1 atom stereocenters. The Labute approximate surface area is 154 Å². The number of fused-ring (bicyclic) bond motifs is 1. The molecule has 3 rings (SSSR count). The zero-order chi connectivity index (χ0) is 18.6. The highest BCUT2D eigenvalue weighted by Gasteiger charge is 2.26. The van der Waals surface area contributed by atoms with Gasteiger partial charge in [0, 0.05) is 23.7 Å². The summed E-state index contributed by atoms with van der Waals surface area (Å²) in [5.74, 6) is 0.293. The second kappa shape index (κ2) is 8.01. The average molecular weight is 372 g/mol. The smallest absolute Gasteiger partial charge is 0.229 e. The summed E-state index contributed by atoms with van der Waals surface area (Å²) in [6.07, 6.45) is 3.82. The van der Waals surface area contributed by atoms with Crippen LogP contribution in [-0.4, -0.2) is 33.5 Å². The van der Waals surface area contributed by atoms with E-state index in [1.165, 1.54) is 0 Å². The number of ketones is 1. The molecule has 2 aromatic carbocycles. The topological polar surface area (TPSA) is 75.3 Å². The van der Waals surface area contributed by atoms with E-state index in [0.717, 1.165) is 48.8 Å². The summed E-state index contributed by atoms with van der Waals surface area (Å²) in [5, 5.41) is 3.39. The highest BCUT2D eigenvalue weighted by molar-refractivity contribution is 7.92. The number of sulfonamides is 1. The summed E-state index contributed by atoms with van der Waals surface area (Å²) in [4.78, 5) is 12.5. The molecule has 0 saturated carbocycles. The van der Waals surface area contributed by atoms with E-state index in [1.807, 2.05) is 36.4 Å². The van der Waals surface area contributed by atoms with Gasteiger partial charge in [-0.3, -0.25) is 9.52 Å². The van der Waals surface area contributed by atoms with Gasteiger partial charge in [0.1, 0.15) is 0 Å². The van der Waals surface area contributed by atoms with Gasteiger partial charge in [-0.05, 0) is 49.1 Å². The molecule has 0 heterocycles. The number of aryl methyl sites for hydroxylation is 1. The maximum atomic E-state index is 12.5. The molecule has 0 fully saturated rings. The van der Waals surface area contributed by atoms with E-state index in [1.54, 1.807) is 12.1 Å². The molecule has 0 radical (unpaired) electrons. The predicted molar refractivity (Wildman–Crippen MR) is 104 cm³/mol. The van der Waals surface area contributed by atoms with Gasteiger partial charge in [-0.2, -0.15) is 0 Å². The van der Waals surface area contributed by atoms with Crippen LogP contribution in [0.25, 0.3) is 0 Å². The van der Waals surface area contributed by atoms with Crippen molar-refractivity contribution in [1.29, 1.82) is 0 Å². The molecule has 1 aliphatic carbocycles. The van der Waals surface area contributed by atoms with Crippen molar-refractivity contribution < 1.29 is 13.2 Å². The quantitative estimate of drug-likeness (QED) is 0.733. The molecule has 6 heteroatoms. The van der Waals surface area contributed by atoms with Crippen LogP contribution in [0.5, 0.6) is 0 Å². The molecule has 0 aliphatic heterocycles. The highest BCUT2D eigenvalue weighted by Crippen LogP contribution is 2.24. The van der Waals surface area contributed by atoms with Crippen molar-refractivity contribution in [2.45, 2.75) is 19.3 Å². The van der Waals surface area contributed by atoms with Crippen LogP contribution in [0.4, 0.5) is 5.69 Å². The van der Waals surface area contributed by atoms with Gasteiger partial charge in [0.15, 0.2) is 5.78 Å². The molecule has 0 saturated heterocycles. The molecule has 2 N–H and O–H groups in total. The number of benzene rings is 2. The van der Waals surface area contributed by atoms with Crippen molar-refractivity contribution in [3.63, 3.8) is 0 Å². The summed E-state index contributed by atoms with van der Waals surface area (Å²) < 4.78 is 24.9. The maximum Gasteiger partial charge on any atom is 0.229 e. The van der Waals surface area contributed by atoms with Gasteiger partial charge < -0.3 is 5.32 Å². The number of carbonyl (C=O) groups is 1. The van der Waals surface area contributed by atoms with Gasteiger partial charge in [-0.15, -0.1) is 0 Å². The third-order valence-corrected chi connectivity index (χ3v) is 5.26. The third kappa shape index (κ3) is 4.93. The van der Waals surface area contributed by atoms with E-state index in [0.29, 0.717) is 12.2 Å². The first-order chi connectivity index (χ1) is 12.4. The second-order valence-electron chi connectivity index (χ2n) is 6.78. The van der Waals surface area contributed by atoms with Crippen molar-refractivity contribution in [3.8, 4) is 0 Å². The van der Waals surface area contributed by atoms with Gasteiger partial charge >= 0.3 is 0 Å². The van der Waals surface area contributed by atoms with E-state index in [9.17, 15) is 13.2 Å². The number of hydrogen-bond acceptors (Lipinski definition) is 4. The largest absolute Gasteiger partial charge is 0.316 e. The third-order valence-electron chi connectivity index (χ3n) is 4.65. The normalized spacial score (nSPS) is 17.0. The molecule has 0 amide bonds. The van der Waals surface area contributed by atoms with Crippen LogP contribution in [0.3, 0.4) is 0 Å². The molecule has 26 heavy (non-hydrogen) atoms. The fraction of sp³-hybridized carbons (Fsp3) is 0.350. The van der Waals surface area contributed by atoms with Crippen LogP contribution in [0.1, 0.15) is 27.9 Å². The van der Waals surface area contributed by atoms with Crippen LogP contribution < -0.4 is 10.0 Å². The molecule has 0 aromatic heterocycles. The zero-order valence-corrected chi connectivity index (χ0v) is 15.7. The van der Waals surface area contributed by atoms with Crippen molar-refractivity contribution in [1.82, 2.24) is 5.32 Å². The standard InChI is InChI=1S/C20H24N2O3S/c1-26(24,25)22-18-10-6-15(7-11-18)12-13-21-14-17-9-8-16-4-2-3-5-19(16)20(17)23/h2-7,10-11,17,21-22H,8-9,12-14H2,1H3/t17-/m1/s1. The summed E-state index contributed by atoms with van der Waals surface area (Å²) in [5.41, 5.74) is 3.73. The molecular formula is C20H24N2O3S. The molecule has 5 nitrogen and oxygen atoms in total. The minimum atomic E-state index is -3.24. The molecular weight excluding hydrogens is 348 g/mol. The Balaban J connectivity index is 1.45. The van der Waals surface area contributed by atoms with E-state index < -0.39 is 10.0 Å². The minimum absolute atomic E-state index is 0.0474. The summed E-state index contributed by atoms with van der Waals surface area (Å²) in [7, 11) is -3.24. The molecule has 138 valence electrons. The average Bonchev–Trinajstić information content (AvgIpc) is 2.61. The van der Waals surface area contributed by atoms with E-state index in [4.69, 9.17) is 0 Å². The van der Waals surface area contributed by atoms with Crippen LogP contribution in [-0.2, 0) is 22.9 Å². The molecule has 0 bridgehead atoms. The SMILES string of the molecule is CS(=O)(=O)Nc1ccc(CCNC[C@H]2CCc3ccccc3C2=O)cc1. The Kier molecular flexibility index (Phi) is 5.74. The Morgan fingerprint density at radius 1 is 1.08 bits per heavy atom. The fourth-order valence-electron chi connectivity index (χ4n) is 3.32. The Hall–Kier alpha value is -2.18. The lowest BCUT2D eigenvalue weighted by Crippen LogP contribution is -2.33.